The van der Waals surface area contributed by atoms with Gasteiger partial charge in [0.05, 0.1) is 6.20 Å². The highest BCUT2D eigenvalue weighted by atomic mass is 32.2. The van der Waals surface area contributed by atoms with E-state index in [-0.39, 0.29) is 0 Å². The Balaban J connectivity index is 2.98. The standard InChI is InChI=1S/C4H6N2O2S/c1-6-3-4(2-5-6)9(7)8/h2-3H,1H3,(H,7,8). The Bertz CT molecular complexity index is 232. The van der Waals surface area contributed by atoms with Crippen molar-refractivity contribution in [3.05, 3.63) is 12.4 Å². The van der Waals surface area contributed by atoms with E-state index in [1.54, 1.807) is 7.05 Å². The van der Waals surface area contributed by atoms with Crippen LogP contribution in [0.4, 0.5) is 0 Å². The van der Waals surface area contributed by atoms with Crippen LogP contribution in [0.5, 0.6) is 0 Å². The Kier molecular flexibility index (Phi) is 1.63. The molecule has 1 rings (SSSR count). The van der Waals surface area contributed by atoms with Gasteiger partial charge in [-0.1, -0.05) is 0 Å². The Labute approximate surface area is 54.8 Å². The van der Waals surface area contributed by atoms with Gasteiger partial charge in [0.1, 0.15) is 4.90 Å². The summed E-state index contributed by atoms with van der Waals surface area (Å²) < 4.78 is 20.2. The summed E-state index contributed by atoms with van der Waals surface area (Å²) in [6.45, 7) is 0. The molecule has 0 fully saturated rings. The summed E-state index contributed by atoms with van der Waals surface area (Å²) in [5, 5.41) is 3.70. The van der Waals surface area contributed by atoms with E-state index >= 15 is 0 Å². The van der Waals surface area contributed by atoms with Gasteiger partial charge in [-0.3, -0.25) is 4.68 Å². The molecule has 1 aromatic heterocycles. The molecular weight excluding hydrogens is 140 g/mol. The normalized spacial score (nSPS) is 13.6. The zero-order valence-electron chi connectivity index (χ0n) is 4.81. The van der Waals surface area contributed by atoms with Crippen molar-refractivity contribution in [3.8, 4) is 0 Å². The van der Waals surface area contributed by atoms with Crippen molar-refractivity contribution in [2.45, 2.75) is 4.90 Å². The third kappa shape index (κ3) is 1.36. The summed E-state index contributed by atoms with van der Waals surface area (Å²) in [4.78, 5) is 0.331. The monoisotopic (exact) mass is 146 g/mol. The molecule has 0 saturated carbocycles. The van der Waals surface area contributed by atoms with Crippen LogP contribution in [0, 0.1) is 0 Å². The molecule has 0 radical (unpaired) electrons. The predicted molar refractivity (Wildman–Crippen MR) is 32.2 cm³/mol. The van der Waals surface area contributed by atoms with Gasteiger partial charge in [0, 0.05) is 13.2 Å². The van der Waals surface area contributed by atoms with Crippen LogP contribution in [0.2, 0.25) is 0 Å². The van der Waals surface area contributed by atoms with E-state index in [1.165, 1.54) is 17.1 Å². The lowest BCUT2D eigenvalue weighted by Crippen LogP contribution is -1.86. The lowest BCUT2D eigenvalue weighted by molar-refractivity contribution is 0.564. The first-order valence-electron chi connectivity index (χ1n) is 2.29. The maximum atomic E-state index is 10.3. The summed E-state index contributed by atoms with van der Waals surface area (Å²) in [5.41, 5.74) is 0. The molecule has 5 heteroatoms. The lowest BCUT2D eigenvalue weighted by Gasteiger charge is -1.82. The van der Waals surface area contributed by atoms with Gasteiger partial charge >= 0.3 is 0 Å². The summed E-state index contributed by atoms with van der Waals surface area (Å²) >= 11 is -1.89. The first-order valence-corrected chi connectivity index (χ1v) is 3.40. The molecule has 0 aliphatic heterocycles. The quantitative estimate of drug-likeness (QED) is 0.567. The Morgan fingerprint density at radius 3 is 2.78 bits per heavy atom. The topological polar surface area (TPSA) is 55.1 Å². The van der Waals surface area contributed by atoms with Crippen LogP contribution in [-0.2, 0) is 18.1 Å². The number of aryl methyl sites for hydroxylation is 1. The van der Waals surface area contributed by atoms with Crippen LogP contribution in [0.3, 0.4) is 0 Å². The van der Waals surface area contributed by atoms with Crippen LogP contribution >= 0.6 is 0 Å². The average molecular weight is 146 g/mol. The summed E-state index contributed by atoms with van der Waals surface area (Å²) in [6, 6.07) is 0. The van der Waals surface area contributed by atoms with Gasteiger partial charge < -0.3 is 4.55 Å². The zero-order chi connectivity index (χ0) is 6.85. The van der Waals surface area contributed by atoms with Gasteiger partial charge in [0.2, 0.25) is 0 Å². The average Bonchev–Trinajstić information content (AvgIpc) is 2.14. The fraction of sp³-hybridized carbons (Fsp3) is 0.250. The molecule has 9 heavy (non-hydrogen) atoms. The molecule has 1 heterocycles. The molecular formula is C4H6N2O2S. The lowest BCUT2D eigenvalue weighted by atomic mass is 10.7. The maximum absolute atomic E-state index is 10.3. The Morgan fingerprint density at radius 2 is 2.56 bits per heavy atom. The van der Waals surface area contributed by atoms with Crippen LogP contribution in [0.15, 0.2) is 17.3 Å². The number of hydrogen-bond donors (Lipinski definition) is 1. The van der Waals surface area contributed by atoms with Crippen molar-refractivity contribution in [3.63, 3.8) is 0 Å². The molecule has 0 aromatic carbocycles. The summed E-state index contributed by atoms with van der Waals surface area (Å²) in [7, 11) is 1.69. The van der Waals surface area contributed by atoms with E-state index in [2.05, 4.69) is 5.10 Å². The Morgan fingerprint density at radius 1 is 1.89 bits per heavy atom. The molecule has 1 unspecified atom stereocenters. The van der Waals surface area contributed by atoms with Crippen LogP contribution in [0.1, 0.15) is 0 Å². The van der Waals surface area contributed by atoms with Crippen LogP contribution < -0.4 is 0 Å². The second-order valence-electron chi connectivity index (χ2n) is 1.60. The highest BCUT2D eigenvalue weighted by Crippen LogP contribution is 1.99. The van der Waals surface area contributed by atoms with Crippen LogP contribution in [0.25, 0.3) is 0 Å². The minimum Gasteiger partial charge on any atom is -0.302 e. The van der Waals surface area contributed by atoms with Crippen LogP contribution in [-0.4, -0.2) is 18.5 Å². The number of nitrogens with zero attached hydrogens (tertiary/aromatic N) is 2. The third-order valence-corrected chi connectivity index (χ3v) is 1.50. The molecule has 1 N–H and O–H groups in total. The molecule has 0 spiro atoms. The molecule has 0 bridgehead atoms. The van der Waals surface area contributed by atoms with Crippen molar-refractivity contribution in [1.82, 2.24) is 9.78 Å². The second kappa shape index (κ2) is 2.28. The summed E-state index contributed by atoms with van der Waals surface area (Å²) in [6.07, 6.45) is 2.85. The van der Waals surface area contributed by atoms with E-state index in [1.807, 2.05) is 0 Å². The minimum absolute atomic E-state index is 0.331. The fourth-order valence-corrected chi connectivity index (χ4v) is 0.869. The second-order valence-corrected chi connectivity index (χ2v) is 2.57. The molecule has 0 aliphatic carbocycles. The van der Waals surface area contributed by atoms with E-state index in [0.717, 1.165) is 0 Å². The first kappa shape index (κ1) is 6.44. The fourth-order valence-electron chi connectivity index (χ4n) is 0.489. The van der Waals surface area contributed by atoms with Gasteiger partial charge in [0.15, 0.2) is 11.1 Å². The van der Waals surface area contributed by atoms with E-state index in [0.29, 0.717) is 4.90 Å². The van der Waals surface area contributed by atoms with Crippen molar-refractivity contribution < 1.29 is 8.76 Å². The largest absolute Gasteiger partial charge is 0.302 e. The maximum Gasteiger partial charge on any atom is 0.189 e. The van der Waals surface area contributed by atoms with E-state index in [9.17, 15) is 4.21 Å². The van der Waals surface area contributed by atoms with E-state index in [4.69, 9.17) is 4.55 Å². The van der Waals surface area contributed by atoms with Crippen molar-refractivity contribution in [2.75, 3.05) is 0 Å². The molecule has 0 aliphatic rings. The SMILES string of the molecule is Cn1cc(S(=O)O)cn1. The Hall–Kier alpha value is -0.680. The molecule has 4 nitrogen and oxygen atoms in total. The first-order chi connectivity index (χ1) is 4.20. The smallest absolute Gasteiger partial charge is 0.189 e. The van der Waals surface area contributed by atoms with Gasteiger partial charge in [-0.15, -0.1) is 0 Å². The highest BCUT2D eigenvalue weighted by Gasteiger charge is 1.99. The number of hydrogen-bond acceptors (Lipinski definition) is 2. The number of rotatable bonds is 1. The minimum atomic E-state index is -1.89. The van der Waals surface area contributed by atoms with Crippen molar-refractivity contribution >= 4 is 11.1 Å². The molecule has 1 aromatic rings. The predicted octanol–water partition coefficient (Wildman–Crippen LogP) is 0.000700. The molecule has 0 saturated heterocycles. The highest BCUT2D eigenvalue weighted by molar-refractivity contribution is 7.79. The van der Waals surface area contributed by atoms with Crippen molar-refractivity contribution in [2.24, 2.45) is 7.05 Å². The van der Waals surface area contributed by atoms with E-state index < -0.39 is 11.1 Å². The molecule has 1 atom stereocenters. The molecule has 50 valence electrons. The third-order valence-electron chi connectivity index (χ3n) is 0.883. The number of aromatic nitrogens is 2. The van der Waals surface area contributed by atoms with Crippen molar-refractivity contribution in [1.29, 1.82) is 0 Å². The zero-order valence-corrected chi connectivity index (χ0v) is 5.63. The van der Waals surface area contributed by atoms with Gasteiger partial charge in [-0.25, -0.2) is 4.21 Å². The molecule has 0 amide bonds. The van der Waals surface area contributed by atoms with Gasteiger partial charge in [0.25, 0.3) is 0 Å². The van der Waals surface area contributed by atoms with Gasteiger partial charge in [-0.2, -0.15) is 5.10 Å². The van der Waals surface area contributed by atoms with Gasteiger partial charge in [-0.05, 0) is 0 Å². The summed E-state index contributed by atoms with van der Waals surface area (Å²) in [5.74, 6) is 0.